The number of nitrogens with zero attached hydrogens (tertiary/aromatic N) is 1. The summed E-state index contributed by atoms with van der Waals surface area (Å²) >= 11 is 3.41. The first-order chi connectivity index (χ1) is 7.37. The molecule has 2 aromatic rings. The minimum Gasteiger partial charge on any atom is -0.347 e. The normalized spacial score (nSPS) is 12.2. The standard InChI is InChI=1S/C11H12BrNO2S/c1-13-10(7-16(2,14)15)5-8-3-4-9(12)6-11(8)13/h3-6H,7H2,1-2H3. The van der Waals surface area contributed by atoms with Crippen molar-refractivity contribution in [3.05, 3.63) is 34.4 Å². The van der Waals surface area contributed by atoms with Crippen LogP contribution in [-0.2, 0) is 22.6 Å². The van der Waals surface area contributed by atoms with Crippen molar-refractivity contribution >= 4 is 36.7 Å². The summed E-state index contributed by atoms with van der Waals surface area (Å²) in [6.07, 6.45) is 1.25. The number of aryl methyl sites for hydroxylation is 1. The van der Waals surface area contributed by atoms with Gasteiger partial charge >= 0.3 is 0 Å². The van der Waals surface area contributed by atoms with E-state index in [1.165, 1.54) is 6.26 Å². The molecule has 0 saturated carbocycles. The second-order valence-corrected chi connectivity index (χ2v) is 7.02. The summed E-state index contributed by atoms with van der Waals surface area (Å²) in [6.45, 7) is 0. The van der Waals surface area contributed by atoms with Crippen molar-refractivity contribution in [1.82, 2.24) is 4.57 Å². The molecule has 0 N–H and O–H groups in total. The van der Waals surface area contributed by atoms with Crippen molar-refractivity contribution in [1.29, 1.82) is 0 Å². The molecule has 1 aromatic heterocycles. The minimum atomic E-state index is -2.99. The van der Waals surface area contributed by atoms with E-state index in [2.05, 4.69) is 15.9 Å². The van der Waals surface area contributed by atoms with E-state index in [1.807, 2.05) is 35.9 Å². The Balaban J connectivity index is 2.61. The Bertz CT molecular complexity index is 643. The van der Waals surface area contributed by atoms with Crippen molar-refractivity contribution in [3.8, 4) is 0 Å². The molecule has 16 heavy (non-hydrogen) atoms. The van der Waals surface area contributed by atoms with E-state index in [0.29, 0.717) is 0 Å². The molecule has 0 atom stereocenters. The summed E-state index contributed by atoms with van der Waals surface area (Å²) in [7, 11) is -1.11. The molecule has 0 unspecified atom stereocenters. The summed E-state index contributed by atoms with van der Waals surface area (Å²) in [5.74, 6) is 0.0792. The molecule has 5 heteroatoms. The highest BCUT2D eigenvalue weighted by Crippen LogP contribution is 2.23. The average Bonchev–Trinajstić information content (AvgIpc) is 2.42. The van der Waals surface area contributed by atoms with E-state index in [0.717, 1.165) is 21.1 Å². The Kier molecular flexibility index (Phi) is 2.84. The lowest BCUT2D eigenvalue weighted by Crippen LogP contribution is -2.05. The van der Waals surface area contributed by atoms with Crippen LogP contribution in [0.5, 0.6) is 0 Å². The molecule has 0 saturated heterocycles. The SMILES string of the molecule is Cn1c(CS(C)(=O)=O)cc2ccc(Br)cc21. The van der Waals surface area contributed by atoms with Gasteiger partial charge in [0, 0.05) is 29.0 Å². The van der Waals surface area contributed by atoms with E-state index in [9.17, 15) is 8.42 Å². The monoisotopic (exact) mass is 301 g/mol. The molecule has 0 fully saturated rings. The van der Waals surface area contributed by atoms with Crippen LogP contribution in [0.25, 0.3) is 10.9 Å². The fourth-order valence-electron chi connectivity index (χ4n) is 1.77. The Hall–Kier alpha value is -0.810. The van der Waals surface area contributed by atoms with Gasteiger partial charge in [-0.2, -0.15) is 0 Å². The third kappa shape index (κ3) is 2.30. The fraction of sp³-hybridized carbons (Fsp3) is 0.273. The van der Waals surface area contributed by atoms with Crippen molar-refractivity contribution in [2.75, 3.05) is 6.26 Å². The predicted octanol–water partition coefficient (Wildman–Crippen LogP) is 2.49. The lowest BCUT2D eigenvalue weighted by molar-refractivity contribution is 0.599. The highest BCUT2D eigenvalue weighted by Gasteiger charge is 2.11. The highest BCUT2D eigenvalue weighted by atomic mass is 79.9. The van der Waals surface area contributed by atoms with Gasteiger partial charge in [0.1, 0.15) is 0 Å². The third-order valence-corrected chi connectivity index (χ3v) is 3.83. The number of rotatable bonds is 2. The highest BCUT2D eigenvalue weighted by molar-refractivity contribution is 9.10. The summed E-state index contributed by atoms with van der Waals surface area (Å²) < 4.78 is 25.5. The van der Waals surface area contributed by atoms with E-state index in [1.54, 1.807) is 0 Å². The fourth-order valence-corrected chi connectivity index (χ4v) is 2.93. The van der Waals surface area contributed by atoms with Crippen molar-refractivity contribution < 1.29 is 8.42 Å². The summed E-state index contributed by atoms with van der Waals surface area (Å²) in [5.41, 5.74) is 1.85. The van der Waals surface area contributed by atoms with Crippen LogP contribution in [-0.4, -0.2) is 19.2 Å². The molecule has 0 bridgehead atoms. The molecule has 1 aromatic carbocycles. The zero-order valence-electron chi connectivity index (χ0n) is 9.07. The van der Waals surface area contributed by atoms with Gasteiger partial charge in [-0.25, -0.2) is 8.42 Å². The van der Waals surface area contributed by atoms with Crippen molar-refractivity contribution in [2.45, 2.75) is 5.75 Å². The van der Waals surface area contributed by atoms with Crippen LogP contribution in [0.15, 0.2) is 28.7 Å². The first kappa shape index (κ1) is 11.7. The van der Waals surface area contributed by atoms with Crippen LogP contribution in [0.4, 0.5) is 0 Å². The van der Waals surface area contributed by atoms with Gasteiger partial charge in [-0.15, -0.1) is 0 Å². The summed E-state index contributed by atoms with van der Waals surface area (Å²) in [4.78, 5) is 0. The lowest BCUT2D eigenvalue weighted by atomic mass is 10.2. The van der Waals surface area contributed by atoms with Crippen molar-refractivity contribution in [2.24, 2.45) is 7.05 Å². The Morgan fingerprint density at radius 2 is 2.00 bits per heavy atom. The first-order valence-electron chi connectivity index (χ1n) is 4.78. The number of hydrogen-bond donors (Lipinski definition) is 0. The zero-order chi connectivity index (χ0) is 11.9. The Labute approximate surface area is 103 Å². The second-order valence-electron chi connectivity index (χ2n) is 3.97. The number of hydrogen-bond acceptors (Lipinski definition) is 2. The number of sulfone groups is 1. The number of benzene rings is 1. The smallest absolute Gasteiger partial charge is 0.153 e. The quantitative estimate of drug-likeness (QED) is 0.855. The van der Waals surface area contributed by atoms with Gasteiger partial charge in [-0.05, 0) is 23.6 Å². The number of halogens is 1. The molecular weight excluding hydrogens is 290 g/mol. The minimum absolute atomic E-state index is 0.0792. The van der Waals surface area contributed by atoms with Gasteiger partial charge in [-0.3, -0.25) is 0 Å². The van der Waals surface area contributed by atoms with Gasteiger partial charge < -0.3 is 4.57 Å². The van der Waals surface area contributed by atoms with Gasteiger partial charge in [-0.1, -0.05) is 22.0 Å². The Morgan fingerprint density at radius 1 is 1.31 bits per heavy atom. The molecular formula is C11H12BrNO2S. The molecule has 0 spiro atoms. The predicted molar refractivity (Wildman–Crippen MR) is 69.2 cm³/mol. The average molecular weight is 302 g/mol. The molecule has 2 rings (SSSR count). The van der Waals surface area contributed by atoms with E-state index in [-0.39, 0.29) is 5.75 Å². The van der Waals surface area contributed by atoms with Crippen molar-refractivity contribution in [3.63, 3.8) is 0 Å². The van der Waals surface area contributed by atoms with Gasteiger partial charge in [0.25, 0.3) is 0 Å². The van der Waals surface area contributed by atoms with E-state index >= 15 is 0 Å². The molecule has 3 nitrogen and oxygen atoms in total. The molecule has 0 amide bonds. The maximum atomic E-state index is 11.3. The third-order valence-electron chi connectivity index (χ3n) is 2.52. The molecule has 0 aliphatic heterocycles. The van der Waals surface area contributed by atoms with E-state index < -0.39 is 9.84 Å². The molecule has 0 aliphatic rings. The molecule has 0 radical (unpaired) electrons. The largest absolute Gasteiger partial charge is 0.347 e. The van der Waals surface area contributed by atoms with Crippen LogP contribution in [0.2, 0.25) is 0 Å². The maximum absolute atomic E-state index is 11.3. The van der Waals surface area contributed by atoms with Crippen LogP contribution >= 0.6 is 15.9 Å². The molecule has 0 aliphatic carbocycles. The van der Waals surface area contributed by atoms with Gasteiger partial charge in [0.2, 0.25) is 0 Å². The van der Waals surface area contributed by atoms with Crippen LogP contribution < -0.4 is 0 Å². The van der Waals surface area contributed by atoms with Crippen LogP contribution in [0.3, 0.4) is 0 Å². The maximum Gasteiger partial charge on any atom is 0.153 e. The Morgan fingerprint density at radius 3 is 2.62 bits per heavy atom. The summed E-state index contributed by atoms with van der Waals surface area (Å²) in [5, 5.41) is 1.06. The van der Waals surface area contributed by atoms with Gasteiger partial charge in [0.05, 0.1) is 5.75 Å². The topological polar surface area (TPSA) is 39.1 Å². The number of fused-ring (bicyclic) bond motifs is 1. The van der Waals surface area contributed by atoms with Crippen LogP contribution in [0.1, 0.15) is 5.69 Å². The molecule has 1 heterocycles. The first-order valence-corrected chi connectivity index (χ1v) is 7.64. The van der Waals surface area contributed by atoms with E-state index in [4.69, 9.17) is 0 Å². The van der Waals surface area contributed by atoms with Gasteiger partial charge in [0.15, 0.2) is 9.84 Å². The van der Waals surface area contributed by atoms with Crippen LogP contribution in [0, 0.1) is 0 Å². The second kappa shape index (κ2) is 3.89. The number of aromatic nitrogens is 1. The molecule has 86 valence electrons. The zero-order valence-corrected chi connectivity index (χ0v) is 11.5. The lowest BCUT2D eigenvalue weighted by Gasteiger charge is -2.02. The summed E-state index contributed by atoms with van der Waals surface area (Å²) in [6, 6.07) is 7.84.